The molecule has 0 heterocycles. The Kier molecular flexibility index (Phi) is 3.96. The topological polar surface area (TPSA) is 3.24 Å². The summed E-state index contributed by atoms with van der Waals surface area (Å²) in [5.74, 6) is 2.98. The first-order chi connectivity index (χ1) is 6.25. The lowest BCUT2D eigenvalue weighted by molar-refractivity contribution is 0.690. The fourth-order valence-electron chi connectivity index (χ4n) is 1.07. The molecule has 1 atom stereocenters. The summed E-state index contributed by atoms with van der Waals surface area (Å²) >= 11 is 0. The number of rotatable bonds is 2. The molecule has 0 fully saturated rings. The average Bonchev–Trinajstić information content (AvgIpc) is 2.15. The fraction of sp³-hybridized carbons (Fsp3) is 0.273. The minimum Gasteiger partial charge on any atom is -0.275 e. The Morgan fingerprint density at radius 2 is 1.77 bits per heavy atom. The minimum absolute atomic E-state index is 0.443. The molecule has 0 saturated heterocycles. The molecule has 0 aliphatic heterocycles. The van der Waals surface area contributed by atoms with Crippen LogP contribution in [0.1, 0.15) is 6.92 Å². The molecule has 0 radical (unpaired) electrons. The van der Waals surface area contributed by atoms with Gasteiger partial charge in [0.2, 0.25) is 0 Å². The summed E-state index contributed by atoms with van der Waals surface area (Å²) in [6.45, 7) is 1.89. The maximum atomic E-state index is 3.24. The van der Waals surface area contributed by atoms with Gasteiger partial charge in [-0.2, -0.15) is 0 Å². The van der Waals surface area contributed by atoms with Crippen LogP contribution in [0.4, 0.5) is 0 Å². The van der Waals surface area contributed by atoms with E-state index in [4.69, 9.17) is 0 Å². The summed E-state index contributed by atoms with van der Waals surface area (Å²) in [7, 11) is 3.70. The second-order valence-corrected chi connectivity index (χ2v) is 5.02. The van der Waals surface area contributed by atoms with E-state index in [9.17, 15) is 0 Å². The highest BCUT2D eigenvalue weighted by atomic mass is 31.1. The van der Waals surface area contributed by atoms with Crippen molar-refractivity contribution in [1.29, 1.82) is 0 Å². The maximum absolute atomic E-state index is 3.24. The van der Waals surface area contributed by atoms with Gasteiger partial charge in [-0.05, 0) is 21.0 Å². The molecule has 0 N–H and O–H groups in total. The van der Waals surface area contributed by atoms with Crippen LogP contribution in [-0.2, 0) is 0 Å². The normalized spacial score (nSPS) is 12.0. The van der Waals surface area contributed by atoms with Gasteiger partial charge in [-0.15, -0.1) is 5.92 Å². The molecular formula is C11H14NP. The van der Waals surface area contributed by atoms with Crippen LogP contribution in [0.2, 0.25) is 0 Å². The first-order valence-electron chi connectivity index (χ1n) is 4.20. The van der Waals surface area contributed by atoms with Crippen molar-refractivity contribution in [3.05, 3.63) is 30.3 Å². The highest BCUT2D eigenvalue weighted by Gasteiger charge is 2.09. The van der Waals surface area contributed by atoms with Crippen molar-refractivity contribution in [3.63, 3.8) is 0 Å². The SMILES string of the molecule is CC#CP(c1ccccc1)N(C)C. The third kappa shape index (κ3) is 2.84. The summed E-state index contributed by atoms with van der Waals surface area (Å²) in [5, 5.41) is 1.32. The van der Waals surface area contributed by atoms with E-state index in [-0.39, 0.29) is 0 Å². The van der Waals surface area contributed by atoms with Gasteiger partial charge < -0.3 is 0 Å². The average molecular weight is 191 g/mol. The Labute approximate surface area is 81.6 Å². The van der Waals surface area contributed by atoms with Crippen LogP contribution >= 0.6 is 8.07 Å². The van der Waals surface area contributed by atoms with Gasteiger partial charge in [0.25, 0.3) is 0 Å². The van der Waals surface area contributed by atoms with Crippen molar-refractivity contribution in [2.45, 2.75) is 6.92 Å². The number of nitrogens with zero attached hydrogens (tertiary/aromatic N) is 1. The van der Waals surface area contributed by atoms with Crippen LogP contribution in [0.5, 0.6) is 0 Å². The van der Waals surface area contributed by atoms with Crippen molar-refractivity contribution in [3.8, 4) is 11.6 Å². The van der Waals surface area contributed by atoms with E-state index in [1.807, 2.05) is 13.0 Å². The first-order valence-corrected chi connectivity index (χ1v) is 5.50. The second kappa shape index (κ2) is 5.02. The summed E-state index contributed by atoms with van der Waals surface area (Å²) < 4.78 is 2.18. The molecule has 1 rings (SSSR count). The van der Waals surface area contributed by atoms with Crippen molar-refractivity contribution >= 4 is 13.4 Å². The predicted molar refractivity (Wildman–Crippen MR) is 60.1 cm³/mol. The molecule has 0 aliphatic carbocycles. The van der Waals surface area contributed by atoms with Gasteiger partial charge in [-0.3, -0.25) is 4.67 Å². The molecular weight excluding hydrogens is 177 g/mol. The smallest absolute Gasteiger partial charge is 0.0756 e. The lowest BCUT2D eigenvalue weighted by atomic mass is 10.4. The maximum Gasteiger partial charge on any atom is 0.0756 e. The monoisotopic (exact) mass is 191 g/mol. The molecule has 68 valence electrons. The van der Waals surface area contributed by atoms with E-state index in [1.54, 1.807) is 0 Å². The molecule has 1 nitrogen and oxygen atoms in total. The zero-order valence-corrected chi connectivity index (χ0v) is 9.18. The molecule has 0 amide bonds. The summed E-state index contributed by atoms with van der Waals surface area (Å²) in [5.41, 5.74) is 3.24. The zero-order chi connectivity index (χ0) is 9.68. The van der Waals surface area contributed by atoms with Gasteiger partial charge in [0.15, 0.2) is 0 Å². The minimum atomic E-state index is -0.443. The molecule has 0 spiro atoms. The molecule has 1 aromatic carbocycles. The number of hydrogen-bond acceptors (Lipinski definition) is 1. The lowest BCUT2D eigenvalue weighted by Crippen LogP contribution is -2.12. The Morgan fingerprint density at radius 3 is 2.23 bits per heavy atom. The van der Waals surface area contributed by atoms with Gasteiger partial charge in [-0.25, -0.2) is 0 Å². The zero-order valence-electron chi connectivity index (χ0n) is 8.28. The van der Waals surface area contributed by atoms with Crippen molar-refractivity contribution in [2.24, 2.45) is 0 Å². The van der Waals surface area contributed by atoms with Crippen LogP contribution < -0.4 is 5.30 Å². The van der Waals surface area contributed by atoms with Gasteiger partial charge in [0.1, 0.15) is 0 Å². The predicted octanol–water partition coefficient (Wildman–Crippen LogP) is 2.25. The highest BCUT2D eigenvalue weighted by Crippen LogP contribution is 2.34. The van der Waals surface area contributed by atoms with E-state index in [2.05, 4.69) is 54.6 Å². The van der Waals surface area contributed by atoms with Crippen molar-refractivity contribution in [1.82, 2.24) is 4.67 Å². The summed E-state index contributed by atoms with van der Waals surface area (Å²) in [6.07, 6.45) is 0. The van der Waals surface area contributed by atoms with Crippen LogP contribution in [0, 0.1) is 11.6 Å². The summed E-state index contributed by atoms with van der Waals surface area (Å²) in [4.78, 5) is 0. The standard InChI is InChI=1S/C11H14NP/c1-4-10-13(12(2)3)11-8-6-5-7-9-11/h5-9H,1-3H3. The van der Waals surface area contributed by atoms with Gasteiger partial charge in [0, 0.05) is 5.30 Å². The molecule has 1 unspecified atom stereocenters. The van der Waals surface area contributed by atoms with Crippen LogP contribution in [0.25, 0.3) is 0 Å². The Hall–Kier alpha value is -0.830. The van der Waals surface area contributed by atoms with E-state index >= 15 is 0 Å². The van der Waals surface area contributed by atoms with Crippen LogP contribution in [0.3, 0.4) is 0 Å². The molecule has 0 aromatic heterocycles. The van der Waals surface area contributed by atoms with E-state index in [1.165, 1.54) is 5.30 Å². The van der Waals surface area contributed by atoms with Gasteiger partial charge >= 0.3 is 0 Å². The molecule has 2 heteroatoms. The van der Waals surface area contributed by atoms with Crippen molar-refractivity contribution in [2.75, 3.05) is 14.1 Å². The van der Waals surface area contributed by atoms with Crippen molar-refractivity contribution < 1.29 is 0 Å². The quantitative estimate of drug-likeness (QED) is 0.512. The molecule has 0 aliphatic rings. The largest absolute Gasteiger partial charge is 0.275 e. The lowest BCUT2D eigenvalue weighted by Gasteiger charge is -2.18. The fourth-order valence-corrected chi connectivity index (χ4v) is 2.53. The van der Waals surface area contributed by atoms with Gasteiger partial charge in [-0.1, -0.05) is 36.0 Å². The Bertz CT molecular complexity index is 308. The van der Waals surface area contributed by atoms with E-state index < -0.39 is 8.07 Å². The second-order valence-electron chi connectivity index (χ2n) is 2.86. The highest BCUT2D eigenvalue weighted by molar-refractivity contribution is 7.68. The molecule has 1 aromatic rings. The Morgan fingerprint density at radius 1 is 1.15 bits per heavy atom. The molecule has 13 heavy (non-hydrogen) atoms. The summed E-state index contributed by atoms with van der Waals surface area (Å²) in [6, 6.07) is 10.4. The number of benzene rings is 1. The van der Waals surface area contributed by atoms with Gasteiger partial charge in [0.05, 0.1) is 8.07 Å². The molecule has 0 bridgehead atoms. The number of hydrogen-bond donors (Lipinski definition) is 0. The third-order valence-electron chi connectivity index (χ3n) is 1.62. The molecule has 0 saturated carbocycles. The van der Waals surface area contributed by atoms with Crippen LogP contribution in [0.15, 0.2) is 30.3 Å². The van der Waals surface area contributed by atoms with E-state index in [0.29, 0.717) is 0 Å². The third-order valence-corrected chi connectivity index (χ3v) is 3.64. The van der Waals surface area contributed by atoms with E-state index in [0.717, 1.165) is 0 Å². The van der Waals surface area contributed by atoms with Crippen LogP contribution in [-0.4, -0.2) is 18.8 Å². The first kappa shape index (κ1) is 10.3. The Balaban J connectivity index is 2.93.